The van der Waals surface area contributed by atoms with Crippen molar-refractivity contribution < 1.29 is 9.53 Å². The van der Waals surface area contributed by atoms with Gasteiger partial charge < -0.3 is 19.9 Å². The average molecular weight is 490 g/mol. The van der Waals surface area contributed by atoms with Gasteiger partial charge in [-0.15, -0.1) is 0 Å². The predicted molar refractivity (Wildman–Crippen MR) is 132 cm³/mol. The summed E-state index contributed by atoms with van der Waals surface area (Å²) < 4.78 is 5.92. The Morgan fingerprint density at radius 2 is 1.91 bits per heavy atom. The minimum atomic E-state index is -0.365. The lowest BCUT2D eigenvalue weighted by molar-refractivity contribution is -0.119. The maximum absolute atomic E-state index is 12.1. The number of rotatable bonds is 9. The first-order valence-electron chi connectivity index (χ1n) is 11.5. The topological polar surface area (TPSA) is 74.4 Å². The molecule has 3 heterocycles. The van der Waals surface area contributed by atoms with E-state index >= 15 is 0 Å². The second kappa shape index (κ2) is 11.2. The Morgan fingerprint density at radius 1 is 1.09 bits per heavy atom. The van der Waals surface area contributed by atoms with E-state index < -0.39 is 0 Å². The van der Waals surface area contributed by atoms with Crippen molar-refractivity contribution in [3.8, 4) is 5.75 Å². The van der Waals surface area contributed by atoms with E-state index in [0.717, 1.165) is 30.5 Å². The Bertz CT molecular complexity index is 1080. The van der Waals surface area contributed by atoms with Crippen molar-refractivity contribution in [3.63, 3.8) is 0 Å². The number of H-pyrrole nitrogens is 1. The molecule has 2 aromatic rings. The number of aromatic nitrogens is 1. The van der Waals surface area contributed by atoms with Crippen LogP contribution < -0.4 is 15.6 Å². The van der Waals surface area contributed by atoms with Gasteiger partial charge in [0.1, 0.15) is 10.8 Å². The van der Waals surface area contributed by atoms with Crippen LogP contribution in [-0.2, 0) is 4.79 Å². The van der Waals surface area contributed by atoms with Gasteiger partial charge in [-0.2, -0.15) is 0 Å². The summed E-state index contributed by atoms with van der Waals surface area (Å²) in [5.41, 5.74) is 1.84. The van der Waals surface area contributed by atoms with Crippen molar-refractivity contribution in [2.24, 2.45) is 0 Å². The fourth-order valence-electron chi connectivity index (χ4n) is 4.33. The summed E-state index contributed by atoms with van der Waals surface area (Å²) in [6.07, 6.45) is 7.85. The van der Waals surface area contributed by atoms with Gasteiger partial charge in [0.05, 0.1) is 11.6 Å². The second-order valence-corrected chi connectivity index (χ2v) is 9.41. The summed E-state index contributed by atoms with van der Waals surface area (Å²) in [4.78, 5) is 29.1. The van der Waals surface area contributed by atoms with Crippen molar-refractivity contribution in [1.82, 2.24) is 15.2 Å². The third-order valence-corrected chi connectivity index (χ3v) is 6.71. The van der Waals surface area contributed by atoms with Crippen LogP contribution >= 0.6 is 23.2 Å². The van der Waals surface area contributed by atoms with Gasteiger partial charge in [-0.1, -0.05) is 35.3 Å². The number of nitrogens with one attached hydrogen (secondary N) is 2. The van der Waals surface area contributed by atoms with Gasteiger partial charge in [0.15, 0.2) is 0 Å². The Kier molecular flexibility index (Phi) is 8.12. The molecule has 0 aliphatic carbocycles. The number of halogens is 2. The Balaban J connectivity index is 1.46. The van der Waals surface area contributed by atoms with Crippen molar-refractivity contribution >= 4 is 34.7 Å². The van der Waals surface area contributed by atoms with Gasteiger partial charge in [-0.25, -0.2) is 0 Å². The van der Waals surface area contributed by atoms with Crippen LogP contribution in [-0.4, -0.2) is 48.1 Å². The molecule has 1 aromatic carbocycles. The molecule has 0 unspecified atom stereocenters. The smallest absolute Gasteiger partial charge is 0.267 e. The van der Waals surface area contributed by atoms with E-state index in [2.05, 4.69) is 15.2 Å². The molecule has 2 fully saturated rings. The number of hydrogen-bond donors (Lipinski definition) is 2. The SMILES string of the molecule is O=C1CC[C@H](/C=C(\c2ccc(OCCCCN3CCCC3)c(Cl)c2)c2ccc(Cl)c(=O)[nH]2)N1. The third-order valence-electron chi connectivity index (χ3n) is 6.12. The number of aromatic amines is 1. The van der Waals surface area contributed by atoms with Crippen LogP contribution in [0.4, 0.5) is 0 Å². The van der Waals surface area contributed by atoms with Crippen molar-refractivity contribution in [2.75, 3.05) is 26.2 Å². The highest BCUT2D eigenvalue weighted by Crippen LogP contribution is 2.31. The van der Waals surface area contributed by atoms with Gasteiger partial charge in [0, 0.05) is 23.7 Å². The quantitative estimate of drug-likeness (QED) is 0.502. The summed E-state index contributed by atoms with van der Waals surface area (Å²) in [7, 11) is 0. The van der Waals surface area contributed by atoms with E-state index in [-0.39, 0.29) is 22.5 Å². The molecule has 1 atom stereocenters. The molecule has 1 aromatic heterocycles. The minimum Gasteiger partial charge on any atom is -0.492 e. The van der Waals surface area contributed by atoms with E-state index in [0.29, 0.717) is 35.9 Å². The first-order chi connectivity index (χ1) is 16.0. The lowest BCUT2D eigenvalue weighted by Gasteiger charge is -2.15. The number of carbonyl (C=O) groups is 1. The van der Waals surface area contributed by atoms with Gasteiger partial charge in [-0.05, 0) is 81.6 Å². The van der Waals surface area contributed by atoms with E-state index in [1.54, 1.807) is 12.1 Å². The number of ether oxygens (including phenoxy) is 1. The first kappa shape index (κ1) is 23.9. The molecule has 0 radical (unpaired) electrons. The van der Waals surface area contributed by atoms with Gasteiger partial charge in [0.2, 0.25) is 5.91 Å². The summed E-state index contributed by atoms with van der Waals surface area (Å²) in [5, 5.41) is 3.57. The zero-order chi connectivity index (χ0) is 23.2. The summed E-state index contributed by atoms with van der Waals surface area (Å²) in [6, 6.07) is 8.81. The highest BCUT2D eigenvalue weighted by molar-refractivity contribution is 6.32. The number of hydrogen-bond acceptors (Lipinski definition) is 4. The van der Waals surface area contributed by atoms with Gasteiger partial charge >= 0.3 is 0 Å². The third kappa shape index (κ3) is 6.40. The van der Waals surface area contributed by atoms with E-state index in [9.17, 15) is 9.59 Å². The maximum atomic E-state index is 12.1. The molecule has 2 N–H and O–H groups in total. The molecule has 0 bridgehead atoms. The van der Waals surface area contributed by atoms with Crippen molar-refractivity contribution in [1.29, 1.82) is 0 Å². The number of nitrogens with zero attached hydrogens (tertiary/aromatic N) is 1. The number of amides is 1. The largest absolute Gasteiger partial charge is 0.492 e. The molecular formula is C25H29Cl2N3O3. The Hall–Kier alpha value is -2.28. The molecule has 2 saturated heterocycles. The molecule has 2 aliphatic rings. The highest BCUT2D eigenvalue weighted by atomic mass is 35.5. The van der Waals surface area contributed by atoms with Crippen LogP contribution in [0.15, 0.2) is 41.2 Å². The number of likely N-dealkylation sites (tertiary alicyclic amines) is 1. The predicted octanol–water partition coefficient (Wildman–Crippen LogP) is 4.65. The molecule has 8 heteroatoms. The lowest BCUT2D eigenvalue weighted by atomic mass is 9.99. The molecular weight excluding hydrogens is 461 g/mol. The zero-order valence-electron chi connectivity index (χ0n) is 18.5. The fourth-order valence-corrected chi connectivity index (χ4v) is 4.67. The number of benzene rings is 1. The van der Waals surface area contributed by atoms with Crippen LogP contribution in [0.3, 0.4) is 0 Å². The Morgan fingerprint density at radius 3 is 2.61 bits per heavy atom. The lowest BCUT2D eigenvalue weighted by Crippen LogP contribution is -2.23. The zero-order valence-corrected chi connectivity index (χ0v) is 20.1. The normalized spacial score (nSPS) is 19.2. The van der Waals surface area contributed by atoms with Crippen molar-refractivity contribution in [2.45, 2.75) is 44.6 Å². The molecule has 6 nitrogen and oxygen atoms in total. The Labute approximate surface area is 203 Å². The van der Waals surface area contributed by atoms with E-state index in [1.807, 2.05) is 24.3 Å². The highest BCUT2D eigenvalue weighted by Gasteiger charge is 2.21. The van der Waals surface area contributed by atoms with E-state index in [4.69, 9.17) is 27.9 Å². The molecule has 2 aliphatic heterocycles. The summed E-state index contributed by atoms with van der Waals surface area (Å²) >= 11 is 12.5. The number of carbonyl (C=O) groups excluding carboxylic acids is 1. The number of pyridine rings is 1. The molecule has 0 spiro atoms. The monoisotopic (exact) mass is 489 g/mol. The van der Waals surface area contributed by atoms with Gasteiger partial charge in [0.25, 0.3) is 5.56 Å². The minimum absolute atomic E-state index is 0.0201. The molecule has 4 rings (SSSR count). The fraction of sp³-hybridized carbons (Fsp3) is 0.440. The van der Waals surface area contributed by atoms with Crippen LogP contribution in [0.1, 0.15) is 49.8 Å². The van der Waals surface area contributed by atoms with Crippen molar-refractivity contribution in [3.05, 3.63) is 68.1 Å². The number of unbranched alkanes of at least 4 members (excludes halogenated alkanes) is 1. The van der Waals surface area contributed by atoms with Crippen LogP contribution in [0.25, 0.3) is 5.57 Å². The van der Waals surface area contributed by atoms with Crippen LogP contribution in [0.5, 0.6) is 5.75 Å². The second-order valence-electron chi connectivity index (χ2n) is 8.59. The summed E-state index contributed by atoms with van der Waals surface area (Å²) in [6.45, 7) is 4.18. The molecule has 33 heavy (non-hydrogen) atoms. The standard InChI is InChI=1S/C25H29Cl2N3O3/c26-20-7-8-22(29-25(20)32)19(16-18-6-10-24(31)28-18)17-5-9-23(21(27)15-17)33-14-4-3-13-30-11-1-2-12-30/h5,7-9,15-16,18H,1-4,6,10-14H2,(H,28,31)(H,29,32)/b19-16+/t18-/m1/s1. The van der Waals surface area contributed by atoms with Gasteiger partial charge in [-0.3, -0.25) is 9.59 Å². The first-order valence-corrected chi connectivity index (χ1v) is 12.3. The summed E-state index contributed by atoms with van der Waals surface area (Å²) in [5.74, 6) is 0.659. The molecule has 176 valence electrons. The van der Waals surface area contributed by atoms with Crippen LogP contribution in [0, 0.1) is 0 Å². The molecule has 1 amide bonds. The maximum Gasteiger partial charge on any atom is 0.267 e. The molecule has 0 saturated carbocycles. The van der Waals surface area contributed by atoms with Crippen LogP contribution in [0.2, 0.25) is 10.0 Å². The van der Waals surface area contributed by atoms with E-state index in [1.165, 1.54) is 25.9 Å². The average Bonchev–Trinajstić information content (AvgIpc) is 3.46.